The molecule has 1 heterocycles. The van der Waals surface area contributed by atoms with Crippen molar-refractivity contribution in [3.63, 3.8) is 0 Å². The Bertz CT molecular complexity index is 1080. The summed E-state index contributed by atoms with van der Waals surface area (Å²) in [6.45, 7) is 3.75. The van der Waals surface area contributed by atoms with E-state index in [2.05, 4.69) is 22.0 Å². The Kier molecular flexibility index (Phi) is 7.26. The summed E-state index contributed by atoms with van der Waals surface area (Å²) in [5.41, 5.74) is 2.19. The zero-order chi connectivity index (χ0) is 19.9. The highest BCUT2D eigenvalue weighted by Crippen LogP contribution is 2.25. The molecule has 0 saturated heterocycles. The van der Waals surface area contributed by atoms with Gasteiger partial charge in [0.15, 0.2) is 5.16 Å². The molecule has 2 aromatic carbocycles. The maximum absolute atomic E-state index is 13.1. The first-order valence-electron chi connectivity index (χ1n) is 9.02. The maximum atomic E-state index is 13.1. The van der Waals surface area contributed by atoms with Crippen LogP contribution in [-0.2, 0) is 17.0 Å². The third-order valence-corrected chi connectivity index (χ3v) is 5.77. The highest BCUT2D eigenvalue weighted by molar-refractivity contribution is 9.10. The fourth-order valence-corrected chi connectivity index (χ4v) is 4.24. The standard InChI is InChI=1S/C21H20BrN3O2S/c1-2-27-11-5-10-25-20(26)18-12-17(22)8-9-19(18)24-21(25)28-14-16-7-4-3-6-15(16)13-23/h3-4,6-9,12H,2,5,10-11,14H2,1H3. The van der Waals surface area contributed by atoms with Gasteiger partial charge >= 0.3 is 0 Å². The summed E-state index contributed by atoms with van der Waals surface area (Å²) in [5, 5.41) is 10.5. The molecule has 0 amide bonds. The summed E-state index contributed by atoms with van der Waals surface area (Å²) in [6.07, 6.45) is 0.733. The van der Waals surface area contributed by atoms with Crippen LogP contribution in [0.3, 0.4) is 0 Å². The van der Waals surface area contributed by atoms with Gasteiger partial charge in [-0.15, -0.1) is 0 Å². The van der Waals surface area contributed by atoms with Gasteiger partial charge in [0.25, 0.3) is 5.56 Å². The molecule has 0 fully saturated rings. The lowest BCUT2D eigenvalue weighted by molar-refractivity contribution is 0.140. The van der Waals surface area contributed by atoms with E-state index in [-0.39, 0.29) is 5.56 Å². The molecule has 1 aromatic heterocycles. The van der Waals surface area contributed by atoms with E-state index in [1.54, 1.807) is 10.6 Å². The van der Waals surface area contributed by atoms with E-state index in [0.29, 0.717) is 47.1 Å². The number of ether oxygens (including phenoxy) is 1. The van der Waals surface area contributed by atoms with Crippen molar-refractivity contribution < 1.29 is 4.74 Å². The van der Waals surface area contributed by atoms with Gasteiger partial charge in [-0.2, -0.15) is 5.26 Å². The zero-order valence-electron chi connectivity index (χ0n) is 15.5. The Hall–Kier alpha value is -2.14. The van der Waals surface area contributed by atoms with Crippen LogP contribution < -0.4 is 5.56 Å². The number of aromatic nitrogens is 2. The van der Waals surface area contributed by atoms with Gasteiger partial charge < -0.3 is 4.74 Å². The van der Waals surface area contributed by atoms with E-state index in [9.17, 15) is 10.1 Å². The zero-order valence-corrected chi connectivity index (χ0v) is 17.9. The van der Waals surface area contributed by atoms with Gasteiger partial charge in [-0.05, 0) is 43.2 Å². The monoisotopic (exact) mass is 457 g/mol. The third-order valence-electron chi connectivity index (χ3n) is 4.25. The molecule has 3 aromatic rings. The number of halogens is 1. The summed E-state index contributed by atoms with van der Waals surface area (Å²) >= 11 is 4.90. The Morgan fingerprint density at radius 2 is 2.11 bits per heavy atom. The van der Waals surface area contributed by atoms with Gasteiger partial charge in [0.2, 0.25) is 0 Å². The molecule has 5 nitrogen and oxygen atoms in total. The molecular formula is C21H20BrN3O2S. The van der Waals surface area contributed by atoms with Gasteiger partial charge in [0.1, 0.15) is 0 Å². The fourth-order valence-electron chi connectivity index (χ4n) is 2.85. The summed E-state index contributed by atoms with van der Waals surface area (Å²) < 4.78 is 7.98. The van der Waals surface area contributed by atoms with Crippen LogP contribution in [0.4, 0.5) is 0 Å². The first kappa shape index (κ1) is 20.6. The fraction of sp³-hybridized carbons (Fsp3) is 0.286. The number of benzene rings is 2. The minimum atomic E-state index is -0.0566. The number of nitrogens with zero attached hydrogens (tertiary/aromatic N) is 3. The van der Waals surface area contributed by atoms with E-state index in [0.717, 1.165) is 16.5 Å². The Balaban J connectivity index is 1.95. The van der Waals surface area contributed by atoms with Gasteiger partial charge in [-0.3, -0.25) is 9.36 Å². The number of hydrogen-bond acceptors (Lipinski definition) is 5. The lowest BCUT2D eigenvalue weighted by atomic mass is 10.1. The minimum absolute atomic E-state index is 0.0566. The summed E-state index contributed by atoms with van der Waals surface area (Å²) in [4.78, 5) is 17.8. The van der Waals surface area contributed by atoms with Gasteiger partial charge in [-0.1, -0.05) is 45.9 Å². The first-order valence-corrected chi connectivity index (χ1v) is 10.8. The smallest absolute Gasteiger partial charge is 0.262 e. The van der Waals surface area contributed by atoms with Crippen molar-refractivity contribution in [2.24, 2.45) is 0 Å². The molecule has 0 unspecified atom stereocenters. The molecule has 28 heavy (non-hydrogen) atoms. The average Bonchev–Trinajstić information content (AvgIpc) is 2.72. The summed E-state index contributed by atoms with van der Waals surface area (Å²) in [5.74, 6) is 0.573. The molecule has 0 aliphatic heterocycles. The number of rotatable bonds is 8. The van der Waals surface area contributed by atoms with Crippen molar-refractivity contribution in [3.05, 3.63) is 68.4 Å². The largest absolute Gasteiger partial charge is 0.382 e. The molecule has 0 N–H and O–H groups in total. The van der Waals surface area contributed by atoms with Crippen LogP contribution >= 0.6 is 27.7 Å². The molecular weight excluding hydrogens is 438 g/mol. The lowest BCUT2D eigenvalue weighted by Gasteiger charge is -2.13. The van der Waals surface area contributed by atoms with E-state index < -0.39 is 0 Å². The predicted molar refractivity (Wildman–Crippen MR) is 116 cm³/mol. The molecule has 0 atom stereocenters. The molecule has 0 saturated carbocycles. The second-order valence-corrected chi connectivity index (χ2v) is 7.98. The number of nitriles is 1. The van der Waals surface area contributed by atoms with Crippen molar-refractivity contribution >= 4 is 38.6 Å². The highest BCUT2D eigenvalue weighted by atomic mass is 79.9. The van der Waals surface area contributed by atoms with E-state index in [1.165, 1.54) is 11.8 Å². The molecule has 7 heteroatoms. The summed E-state index contributed by atoms with van der Waals surface area (Å²) in [6, 6.07) is 15.3. The van der Waals surface area contributed by atoms with Crippen LogP contribution in [0, 0.1) is 11.3 Å². The van der Waals surface area contributed by atoms with E-state index in [4.69, 9.17) is 9.72 Å². The SMILES string of the molecule is CCOCCCn1c(SCc2ccccc2C#N)nc2ccc(Br)cc2c1=O. The number of hydrogen-bond donors (Lipinski definition) is 0. The molecule has 0 radical (unpaired) electrons. The Morgan fingerprint density at radius 3 is 2.89 bits per heavy atom. The molecule has 0 aliphatic carbocycles. The normalized spacial score (nSPS) is 10.9. The van der Waals surface area contributed by atoms with Gasteiger partial charge in [0.05, 0.1) is 22.5 Å². The molecule has 0 aliphatic rings. The third kappa shape index (κ3) is 4.82. The predicted octanol–water partition coefficient (Wildman–Crippen LogP) is 4.75. The van der Waals surface area contributed by atoms with Crippen LogP contribution in [0.15, 0.2) is 56.9 Å². The van der Waals surface area contributed by atoms with Crippen LogP contribution in [-0.4, -0.2) is 22.8 Å². The van der Waals surface area contributed by atoms with E-state index >= 15 is 0 Å². The Labute approximate surface area is 176 Å². The second-order valence-electron chi connectivity index (χ2n) is 6.12. The summed E-state index contributed by atoms with van der Waals surface area (Å²) in [7, 11) is 0. The Morgan fingerprint density at radius 1 is 1.29 bits per heavy atom. The van der Waals surface area contributed by atoms with Crippen molar-refractivity contribution in [2.75, 3.05) is 13.2 Å². The topological polar surface area (TPSA) is 67.9 Å². The van der Waals surface area contributed by atoms with Crippen LogP contribution in [0.2, 0.25) is 0 Å². The highest BCUT2D eigenvalue weighted by Gasteiger charge is 2.13. The van der Waals surface area contributed by atoms with Crippen molar-refractivity contribution in [1.82, 2.24) is 9.55 Å². The van der Waals surface area contributed by atoms with Gasteiger partial charge in [-0.25, -0.2) is 4.98 Å². The van der Waals surface area contributed by atoms with E-state index in [1.807, 2.05) is 43.3 Å². The van der Waals surface area contributed by atoms with Crippen molar-refractivity contribution in [3.8, 4) is 6.07 Å². The second kappa shape index (κ2) is 9.87. The maximum Gasteiger partial charge on any atom is 0.262 e. The molecule has 3 rings (SSSR count). The number of fused-ring (bicyclic) bond motifs is 1. The van der Waals surface area contributed by atoms with Gasteiger partial charge in [0, 0.05) is 30.0 Å². The molecule has 0 bridgehead atoms. The lowest BCUT2D eigenvalue weighted by Crippen LogP contribution is -2.24. The first-order chi connectivity index (χ1) is 13.6. The quantitative estimate of drug-likeness (QED) is 0.277. The van der Waals surface area contributed by atoms with Crippen molar-refractivity contribution in [1.29, 1.82) is 5.26 Å². The van der Waals surface area contributed by atoms with Crippen LogP contribution in [0.25, 0.3) is 10.9 Å². The molecule has 0 spiro atoms. The number of thioether (sulfide) groups is 1. The van der Waals surface area contributed by atoms with Crippen molar-refractivity contribution in [2.45, 2.75) is 30.8 Å². The van der Waals surface area contributed by atoms with Crippen LogP contribution in [0.5, 0.6) is 0 Å². The van der Waals surface area contributed by atoms with Crippen LogP contribution in [0.1, 0.15) is 24.5 Å². The molecule has 144 valence electrons. The minimum Gasteiger partial charge on any atom is -0.382 e. The average molecular weight is 458 g/mol.